The van der Waals surface area contributed by atoms with Gasteiger partial charge in [-0.2, -0.15) is 13.2 Å². The topological polar surface area (TPSA) is 32.3 Å². The number of nitrogens with one attached hydrogen (secondary N) is 1. The van der Waals surface area contributed by atoms with E-state index in [0.717, 1.165) is 31.5 Å². The van der Waals surface area contributed by atoms with Crippen LogP contribution >= 0.6 is 12.4 Å². The van der Waals surface area contributed by atoms with E-state index in [1.807, 2.05) is 7.05 Å². The molecule has 0 spiro atoms. The molecule has 1 unspecified atom stereocenters. The highest BCUT2D eigenvalue weighted by atomic mass is 35.5. The van der Waals surface area contributed by atoms with E-state index in [9.17, 15) is 18.0 Å². The third-order valence-corrected chi connectivity index (χ3v) is 3.97. The van der Waals surface area contributed by atoms with Gasteiger partial charge in [0.2, 0.25) is 5.91 Å². The Morgan fingerprint density at radius 3 is 2.78 bits per heavy atom. The van der Waals surface area contributed by atoms with Crippen molar-refractivity contribution in [3.63, 3.8) is 0 Å². The summed E-state index contributed by atoms with van der Waals surface area (Å²) in [6, 6.07) is 5.01. The number of rotatable bonds is 4. The molecule has 23 heavy (non-hydrogen) atoms. The maximum Gasteiger partial charge on any atom is 0.416 e. The minimum atomic E-state index is -4.37. The molecule has 0 aromatic heterocycles. The minimum absolute atomic E-state index is 0. The van der Waals surface area contributed by atoms with E-state index in [1.165, 1.54) is 6.07 Å². The predicted molar refractivity (Wildman–Crippen MR) is 85.6 cm³/mol. The zero-order valence-corrected chi connectivity index (χ0v) is 13.8. The summed E-state index contributed by atoms with van der Waals surface area (Å²) in [5.41, 5.74) is -0.292. The lowest BCUT2D eigenvalue weighted by Crippen LogP contribution is -2.43. The summed E-state index contributed by atoms with van der Waals surface area (Å²) in [6.45, 7) is 2.23. The molecule has 1 fully saturated rings. The smallest absolute Gasteiger partial charge is 0.342 e. The first-order valence-electron chi connectivity index (χ1n) is 7.48. The van der Waals surface area contributed by atoms with Crippen LogP contribution in [0.5, 0.6) is 0 Å². The fourth-order valence-corrected chi connectivity index (χ4v) is 2.89. The van der Waals surface area contributed by atoms with Crippen LogP contribution in [0, 0.1) is 5.92 Å². The lowest BCUT2D eigenvalue weighted by molar-refractivity contribution is -0.138. The molecule has 0 saturated carbocycles. The minimum Gasteiger partial charge on any atom is -0.342 e. The molecule has 1 aliphatic heterocycles. The fraction of sp³-hybridized carbons (Fsp3) is 0.562. The Morgan fingerprint density at radius 2 is 2.13 bits per heavy atom. The van der Waals surface area contributed by atoms with Crippen molar-refractivity contribution in [2.24, 2.45) is 5.92 Å². The van der Waals surface area contributed by atoms with Gasteiger partial charge >= 0.3 is 6.18 Å². The van der Waals surface area contributed by atoms with Crippen LogP contribution < -0.4 is 5.32 Å². The van der Waals surface area contributed by atoms with Crippen LogP contribution in [0.15, 0.2) is 24.3 Å². The number of hydrogen-bond donors (Lipinski definition) is 1. The number of alkyl halides is 3. The van der Waals surface area contributed by atoms with E-state index < -0.39 is 11.7 Å². The summed E-state index contributed by atoms with van der Waals surface area (Å²) >= 11 is 0. The quantitative estimate of drug-likeness (QED) is 0.905. The van der Waals surface area contributed by atoms with Crippen LogP contribution in [-0.4, -0.2) is 37.5 Å². The Bertz CT molecular complexity index is 520. The molecule has 1 atom stereocenters. The summed E-state index contributed by atoms with van der Waals surface area (Å²) in [7, 11) is 1.88. The van der Waals surface area contributed by atoms with Gasteiger partial charge in [0.15, 0.2) is 0 Å². The Hall–Kier alpha value is -1.27. The van der Waals surface area contributed by atoms with Gasteiger partial charge < -0.3 is 10.2 Å². The van der Waals surface area contributed by atoms with Gasteiger partial charge in [0.1, 0.15) is 0 Å². The molecule has 1 aromatic rings. The summed E-state index contributed by atoms with van der Waals surface area (Å²) < 4.78 is 38.1. The second-order valence-corrected chi connectivity index (χ2v) is 5.78. The number of likely N-dealkylation sites (tertiary alicyclic amines) is 1. The van der Waals surface area contributed by atoms with Gasteiger partial charge in [0.25, 0.3) is 0 Å². The zero-order valence-electron chi connectivity index (χ0n) is 13.0. The second kappa shape index (κ2) is 8.55. The molecule has 1 amide bonds. The average molecular weight is 351 g/mol. The number of halogens is 4. The van der Waals surface area contributed by atoms with Gasteiger partial charge in [-0.3, -0.25) is 4.79 Å². The SMILES string of the molecule is CNCC1CCCN(C(=O)Cc2cccc(C(F)(F)F)c2)C1.Cl. The third kappa shape index (κ3) is 5.70. The standard InChI is InChI=1S/C16H21F3N2O.ClH/c1-20-10-13-5-3-7-21(11-13)15(22)9-12-4-2-6-14(8-12)16(17,18)19;/h2,4,6,8,13,20H,3,5,7,9-11H2,1H3;1H. The van der Waals surface area contributed by atoms with E-state index in [-0.39, 0.29) is 24.7 Å². The largest absolute Gasteiger partial charge is 0.416 e. The zero-order chi connectivity index (χ0) is 16.2. The van der Waals surface area contributed by atoms with E-state index in [0.29, 0.717) is 24.6 Å². The van der Waals surface area contributed by atoms with E-state index in [2.05, 4.69) is 5.32 Å². The molecule has 7 heteroatoms. The first-order valence-corrected chi connectivity index (χ1v) is 7.48. The van der Waals surface area contributed by atoms with Crippen molar-refractivity contribution >= 4 is 18.3 Å². The monoisotopic (exact) mass is 350 g/mol. The number of nitrogens with zero attached hydrogens (tertiary/aromatic N) is 1. The molecule has 1 heterocycles. The van der Waals surface area contributed by atoms with Gasteiger partial charge in [-0.05, 0) is 44.0 Å². The molecule has 0 bridgehead atoms. The fourth-order valence-electron chi connectivity index (χ4n) is 2.89. The number of carbonyl (C=O) groups is 1. The number of piperidine rings is 1. The molecule has 2 rings (SSSR count). The highest BCUT2D eigenvalue weighted by Gasteiger charge is 2.30. The predicted octanol–water partition coefficient (Wildman–Crippen LogP) is 3.13. The van der Waals surface area contributed by atoms with E-state index in [4.69, 9.17) is 0 Å². The lowest BCUT2D eigenvalue weighted by Gasteiger charge is -2.32. The van der Waals surface area contributed by atoms with Crippen molar-refractivity contribution < 1.29 is 18.0 Å². The third-order valence-electron chi connectivity index (χ3n) is 3.97. The Morgan fingerprint density at radius 1 is 1.39 bits per heavy atom. The molecule has 1 aromatic carbocycles. The Labute approximate surface area is 140 Å². The Kier molecular flexibility index (Phi) is 7.35. The van der Waals surface area contributed by atoms with Crippen LogP contribution in [0.25, 0.3) is 0 Å². The summed E-state index contributed by atoms with van der Waals surface area (Å²) in [6.07, 6.45) is -2.33. The molecule has 0 radical (unpaired) electrons. The summed E-state index contributed by atoms with van der Waals surface area (Å²) in [4.78, 5) is 14.1. The molecule has 1 N–H and O–H groups in total. The van der Waals surface area contributed by atoms with Crippen molar-refractivity contribution in [1.29, 1.82) is 0 Å². The van der Waals surface area contributed by atoms with Crippen LogP contribution in [0.4, 0.5) is 13.2 Å². The molecular formula is C16H22ClF3N2O. The van der Waals surface area contributed by atoms with Crippen molar-refractivity contribution in [1.82, 2.24) is 10.2 Å². The number of carbonyl (C=O) groups excluding carboxylic acids is 1. The van der Waals surface area contributed by atoms with Crippen LogP contribution in [0.2, 0.25) is 0 Å². The van der Waals surface area contributed by atoms with Gasteiger partial charge in [-0.15, -0.1) is 12.4 Å². The van der Waals surface area contributed by atoms with E-state index in [1.54, 1.807) is 11.0 Å². The van der Waals surface area contributed by atoms with Gasteiger partial charge in [-0.25, -0.2) is 0 Å². The average Bonchev–Trinajstić information content (AvgIpc) is 2.47. The molecule has 0 aliphatic carbocycles. The number of amides is 1. The lowest BCUT2D eigenvalue weighted by atomic mass is 9.97. The first kappa shape index (κ1) is 19.8. The highest BCUT2D eigenvalue weighted by Crippen LogP contribution is 2.29. The second-order valence-electron chi connectivity index (χ2n) is 5.78. The van der Waals surface area contributed by atoms with Crippen molar-refractivity contribution in [2.75, 3.05) is 26.7 Å². The van der Waals surface area contributed by atoms with Gasteiger partial charge in [0.05, 0.1) is 12.0 Å². The normalized spacial score (nSPS) is 18.4. The maximum atomic E-state index is 12.7. The summed E-state index contributed by atoms with van der Waals surface area (Å²) in [5, 5.41) is 3.11. The van der Waals surface area contributed by atoms with Gasteiger partial charge in [-0.1, -0.05) is 18.2 Å². The molecule has 1 saturated heterocycles. The molecule has 1 aliphatic rings. The number of hydrogen-bond acceptors (Lipinski definition) is 2. The Balaban J connectivity index is 0.00000264. The summed E-state index contributed by atoms with van der Waals surface area (Å²) in [5.74, 6) is 0.323. The van der Waals surface area contributed by atoms with Crippen LogP contribution in [0.1, 0.15) is 24.0 Å². The molecule has 130 valence electrons. The first-order chi connectivity index (χ1) is 10.4. The van der Waals surface area contributed by atoms with Crippen molar-refractivity contribution in [3.05, 3.63) is 35.4 Å². The molecular weight excluding hydrogens is 329 g/mol. The number of benzene rings is 1. The maximum absolute atomic E-state index is 12.7. The van der Waals surface area contributed by atoms with E-state index >= 15 is 0 Å². The van der Waals surface area contributed by atoms with Crippen molar-refractivity contribution in [3.8, 4) is 0 Å². The van der Waals surface area contributed by atoms with Gasteiger partial charge in [0, 0.05) is 13.1 Å². The highest BCUT2D eigenvalue weighted by molar-refractivity contribution is 5.85. The van der Waals surface area contributed by atoms with Crippen LogP contribution in [-0.2, 0) is 17.4 Å². The van der Waals surface area contributed by atoms with Crippen molar-refractivity contribution in [2.45, 2.75) is 25.4 Å². The molecule has 3 nitrogen and oxygen atoms in total. The van der Waals surface area contributed by atoms with Crippen LogP contribution in [0.3, 0.4) is 0 Å².